The molecule has 0 aromatic carbocycles. The number of carbonyl (C=O) groups excluding carboxylic acids is 4. The Hall–Kier alpha value is -3.20. The molecule has 0 aromatic rings. The molecule has 9 nitrogen and oxygen atoms in total. The minimum Gasteiger partial charge on any atom is -0.462 e. The number of esters is 4. The van der Waals surface area contributed by atoms with E-state index in [1.807, 2.05) is 0 Å². The molecule has 0 bridgehead atoms. The summed E-state index contributed by atoms with van der Waals surface area (Å²) in [6, 6.07) is 0. The largest absolute Gasteiger partial charge is 0.462 e. The average Bonchev–Trinajstić information content (AvgIpc) is 2.70. The molecule has 0 aliphatic heterocycles. The lowest BCUT2D eigenvalue weighted by Gasteiger charge is -2.25. The van der Waals surface area contributed by atoms with Crippen LogP contribution in [0.3, 0.4) is 0 Å². The second-order valence-electron chi connectivity index (χ2n) is 5.33. The van der Waals surface area contributed by atoms with Crippen LogP contribution < -0.4 is 0 Å². The standard InChI is InChI=1S/C19H24O9/c1-5-16(21)25-10-13(11-26-17(22)6-2)15(20)9-14(28-19(24)8-4)12-27-18(23)7-3/h5-8,13-15,20H,1-4,9-12H2. The number of carbonyl (C=O) groups is 4. The van der Waals surface area contributed by atoms with Gasteiger partial charge in [0.2, 0.25) is 0 Å². The molecule has 1 N–H and O–H groups in total. The van der Waals surface area contributed by atoms with E-state index in [-0.39, 0.29) is 26.2 Å². The summed E-state index contributed by atoms with van der Waals surface area (Å²) >= 11 is 0. The first kappa shape index (κ1) is 24.8. The molecule has 0 heterocycles. The second-order valence-corrected chi connectivity index (χ2v) is 5.33. The average molecular weight is 396 g/mol. The molecule has 2 atom stereocenters. The van der Waals surface area contributed by atoms with Gasteiger partial charge in [-0.25, -0.2) is 19.2 Å². The monoisotopic (exact) mass is 396 g/mol. The highest BCUT2D eigenvalue weighted by Crippen LogP contribution is 2.15. The van der Waals surface area contributed by atoms with E-state index in [0.717, 1.165) is 24.3 Å². The van der Waals surface area contributed by atoms with E-state index in [1.165, 1.54) is 0 Å². The van der Waals surface area contributed by atoms with Crippen molar-refractivity contribution in [1.82, 2.24) is 0 Å². The van der Waals surface area contributed by atoms with E-state index in [4.69, 9.17) is 18.9 Å². The van der Waals surface area contributed by atoms with Gasteiger partial charge in [0.25, 0.3) is 0 Å². The zero-order valence-corrected chi connectivity index (χ0v) is 15.4. The number of ether oxygens (including phenoxy) is 4. The van der Waals surface area contributed by atoms with E-state index in [1.54, 1.807) is 0 Å². The Bertz CT molecular complexity index is 585. The summed E-state index contributed by atoms with van der Waals surface area (Å²) in [4.78, 5) is 45.2. The van der Waals surface area contributed by atoms with Crippen LogP contribution in [0.4, 0.5) is 0 Å². The molecular formula is C19H24O9. The number of hydrogen-bond donors (Lipinski definition) is 1. The third kappa shape index (κ3) is 10.7. The van der Waals surface area contributed by atoms with E-state index in [0.29, 0.717) is 0 Å². The second kappa shape index (κ2) is 13.9. The van der Waals surface area contributed by atoms with Crippen LogP contribution in [0, 0.1) is 5.92 Å². The van der Waals surface area contributed by atoms with Gasteiger partial charge in [-0.15, -0.1) is 0 Å². The van der Waals surface area contributed by atoms with Crippen molar-refractivity contribution in [2.45, 2.75) is 18.6 Å². The van der Waals surface area contributed by atoms with Crippen LogP contribution in [0.25, 0.3) is 0 Å². The maximum Gasteiger partial charge on any atom is 0.330 e. The van der Waals surface area contributed by atoms with Crippen molar-refractivity contribution < 1.29 is 43.2 Å². The molecule has 0 saturated carbocycles. The highest BCUT2D eigenvalue weighted by atomic mass is 16.6. The summed E-state index contributed by atoms with van der Waals surface area (Å²) < 4.78 is 19.6. The van der Waals surface area contributed by atoms with Gasteiger partial charge < -0.3 is 24.1 Å². The van der Waals surface area contributed by atoms with Crippen molar-refractivity contribution in [3.63, 3.8) is 0 Å². The lowest BCUT2D eigenvalue weighted by Crippen LogP contribution is -2.36. The van der Waals surface area contributed by atoms with Crippen molar-refractivity contribution in [2.75, 3.05) is 19.8 Å². The predicted octanol–water partition coefficient (Wildman–Crippen LogP) is 0.639. The van der Waals surface area contributed by atoms with Gasteiger partial charge in [-0.1, -0.05) is 26.3 Å². The van der Waals surface area contributed by atoms with Crippen molar-refractivity contribution in [3.8, 4) is 0 Å². The van der Waals surface area contributed by atoms with Gasteiger partial charge in [0.1, 0.15) is 25.9 Å². The fourth-order valence-electron chi connectivity index (χ4n) is 1.82. The third-order valence-electron chi connectivity index (χ3n) is 3.29. The van der Waals surface area contributed by atoms with Gasteiger partial charge in [-0.3, -0.25) is 0 Å². The Balaban J connectivity index is 5.11. The molecule has 9 heteroatoms. The highest BCUT2D eigenvalue weighted by Gasteiger charge is 2.28. The number of hydrogen-bond acceptors (Lipinski definition) is 9. The quantitative estimate of drug-likeness (QED) is 0.256. The lowest BCUT2D eigenvalue weighted by molar-refractivity contribution is -0.156. The summed E-state index contributed by atoms with van der Waals surface area (Å²) in [6.45, 7) is 12.0. The zero-order chi connectivity index (χ0) is 21.5. The van der Waals surface area contributed by atoms with Gasteiger partial charge in [-0.05, 0) is 0 Å². The fraction of sp³-hybridized carbons (Fsp3) is 0.368. The number of aliphatic hydroxyl groups excluding tert-OH is 1. The summed E-state index contributed by atoms with van der Waals surface area (Å²) in [5, 5.41) is 10.4. The topological polar surface area (TPSA) is 125 Å². The van der Waals surface area contributed by atoms with Crippen LogP contribution >= 0.6 is 0 Å². The Morgan fingerprint density at radius 3 is 1.50 bits per heavy atom. The molecule has 2 unspecified atom stereocenters. The molecule has 0 saturated heterocycles. The van der Waals surface area contributed by atoms with Gasteiger partial charge in [0.15, 0.2) is 0 Å². The van der Waals surface area contributed by atoms with Crippen LogP contribution in [0.5, 0.6) is 0 Å². The molecule has 28 heavy (non-hydrogen) atoms. The molecule has 154 valence electrons. The molecule has 0 fully saturated rings. The van der Waals surface area contributed by atoms with Gasteiger partial charge >= 0.3 is 23.9 Å². The highest BCUT2D eigenvalue weighted by molar-refractivity contribution is 5.82. The van der Waals surface area contributed by atoms with Crippen LogP contribution in [0.1, 0.15) is 6.42 Å². The summed E-state index contributed by atoms with van der Waals surface area (Å²) in [7, 11) is 0. The van der Waals surface area contributed by atoms with Crippen molar-refractivity contribution in [2.24, 2.45) is 5.92 Å². The Morgan fingerprint density at radius 1 is 0.714 bits per heavy atom. The maximum atomic E-state index is 11.5. The summed E-state index contributed by atoms with van der Waals surface area (Å²) in [5.74, 6) is -3.86. The minimum atomic E-state index is -1.25. The minimum absolute atomic E-state index is 0.202. The van der Waals surface area contributed by atoms with E-state index in [2.05, 4.69) is 26.3 Å². The molecule has 0 amide bonds. The van der Waals surface area contributed by atoms with Gasteiger partial charge in [0, 0.05) is 30.7 Å². The van der Waals surface area contributed by atoms with Crippen molar-refractivity contribution >= 4 is 23.9 Å². The van der Waals surface area contributed by atoms with Gasteiger partial charge in [-0.2, -0.15) is 0 Å². The molecule has 0 aliphatic carbocycles. The SMILES string of the molecule is C=CC(=O)OCC(CC(O)C(COC(=O)C=C)COC(=O)C=C)OC(=O)C=C. The molecular weight excluding hydrogens is 372 g/mol. The molecule has 0 aliphatic rings. The zero-order valence-electron chi connectivity index (χ0n) is 15.4. The van der Waals surface area contributed by atoms with Gasteiger partial charge in [0.05, 0.1) is 12.0 Å². The first-order chi connectivity index (χ1) is 13.3. The summed E-state index contributed by atoms with van der Waals surface area (Å²) in [5.41, 5.74) is 0. The smallest absolute Gasteiger partial charge is 0.330 e. The fourth-order valence-corrected chi connectivity index (χ4v) is 1.82. The third-order valence-corrected chi connectivity index (χ3v) is 3.29. The molecule has 0 radical (unpaired) electrons. The number of rotatable bonds is 14. The normalized spacial score (nSPS) is 12.1. The molecule has 0 rings (SSSR count). The van der Waals surface area contributed by atoms with Crippen LogP contribution in [0.15, 0.2) is 50.6 Å². The van der Waals surface area contributed by atoms with Crippen LogP contribution in [0.2, 0.25) is 0 Å². The van der Waals surface area contributed by atoms with E-state index < -0.39 is 42.0 Å². The van der Waals surface area contributed by atoms with E-state index >= 15 is 0 Å². The van der Waals surface area contributed by atoms with E-state index in [9.17, 15) is 24.3 Å². The first-order valence-corrected chi connectivity index (χ1v) is 8.16. The molecule has 0 spiro atoms. The Morgan fingerprint density at radius 2 is 1.11 bits per heavy atom. The lowest BCUT2D eigenvalue weighted by atomic mass is 9.98. The predicted molar refractivity (Wildman–Crippen MR) is 97.7 cm³/mol. The first-order valence-electron chi connectivity index (χ1n) is 8.16. The Labute approximate surface area is 162 Å². The van der Waals surface area contributed by atoms with Crippen LogP contribution in [-0.4, -0.2) is 61.0 Å². The number of aliphatic hydroxyl groups is 1. The maximum absolute atomic E-state index is 11.5. The van der Waals surface area contributed by atoms with Crippen molar-refractivity contribution in [1.29, 1.82) is 0 Å². The van der Waals surface area contributed by atoms with Crippen molar-refractivity contribution in [3.05, 3.63) is 50.6 Å². The van der Waals surface area contributed by atoms with Crippen LogP contribution in [-0.2, 0) is 38.1 Å². The Kier molecular flexibility index (Phi) is 12.3. The summed E-state index contributed by atoms with van der Waals surface area (Å²) in [6.07, 6.45) is 1.22. The molecule has 0 aromatic heterocycles.